The number of carbonyl (C=O) groups is 2. The van der Waals surface area contributed by atoms with Gasteiger partial charge in [-0.25, -0.2) is 0 Å². The van der Waals surface area contributed by atoms with Crippen LogP contribution in [0.3, 0.4) is 0 Å². The highest BCUT2D eigenvalue weighted by Gasteiger charge is 2.26. The summed E-state index contributed by atoms with van der Waals surface area (Å²) in [5, 5.41) is 8.60. The summed E-state index contributed by atoms with van der Waals surface area (Å²) in [7, 11) is 0. The van der Waals surface area contributed by atoms with Crippen LogP contribution in [0.1, 0.15) is 29.2 Å². The zero-order chi connectivity index (χ0) is 15.4. The van der Waals surface area contributed by atoms with Gasteiger partial charge >= 0.3 is 0 Å². The first-order valence-electron chi connectivity index (χ1n) is 6.90. The van der Waals surface area contributed by atoms with Crippen LogP contribution in [0.25, 0.3) is 0 Å². The summed E-state index contributed by atoms with van der Waals surface area (Å²) in [6.07, 6.45) is 3.95. The Labute approximate surface area is 131 Å². The fourth-order valence-electron chi connectivity index (χ4n) is 1.89. The molecular formula is C14H15N5O2S. The summed E-state index contributed by atoms with van der Waals surface area (Å²) < 4.78 is 1.99. The molecule has 1 heterocycles. The third-order valence-electron chi connectivity index (χ3n) is 3.16. The highest BCUT2D eigenvalue weighted by atomic mass is 32.2. The van der Waals surface area contributed by atoms with Gasteiger partial charge in [0.1, 0.15) is 6.33 Å². The van der Waals surface area contributed by atoms with E-state index in [-0.39, 0.29) is 17.6 Å². The molecule has 1 saturated carbocycles. The number of hydrazine groups is 1. The second kappa shape index (κ2) is 6.61. The first-order valence-corrected chi connectivity index (χ1v) is 7.89. The highest BCUT2D eigenvalue weighted by molar-refractivity contribution is 7.99. The Morgan fingerprint density at radius 3 is 2.73 bits per heavy atom. The molecule has 1 fully saturated rings. The number of thioether (sulfide) groups is 1. The van der Waals surface area contributed by atoms with Crippen molar-refractivity contribution in [1.82, 2.24) is 25.6 Å². The normalized spacial score (nSPS) is 13.6. The van der Waals surface area contributed by atoms with Gasteiger partial charge in [-0.1, -0.05) is 30.0 Å². The van der Waals surface area contributed by atoms with Gasteiger partial charge in [0.05, 0.1) is 5.75 Å². The molecule has 0 aliphatic heterocycles. The standard InChI is InChI=1S/C14H15N5O2S/c20-12(16-17-13(21)10-4-2-1-3-5-10)8-22-14-18-15-9-19(14)11-6-7-11/h1-5,9,11H,6-8H2,(H,16,20)(H,17,21). The van der Waals surface area contributed by atoms with E-state index in [4.69, 9.17) is 0 Å². The second-order valence-corrected chi connectivity index (χ2v) is 5.85. The van der Waals surface area contributed by atoms with Gasteiger partial charge in [-0.3, -0.25) is 20.4 Å². The van der Waals surface area contributed by atoms with Gasteiger partial charge < -0.3 is 4.57 Å². The fourth-order valence-corrected chi connectivity index (χ4v) is 2.68. The molecule has 1 aliphatic rings. The first kappa shape index (κ1) is 14.6. The Hall–Kier alpha value is -2.35. The minimum Gasteiger partial charge on any atom is -0.306 e. The Morgan fingerprint density at radius 2 is 2.00 bits per heavy atom. The molecule has 2 N–H and O–H groups in total. The summed E-state index contributed by atoms with van der Waals surface area (Å²) in [5.74, 6) is -0.472. The van der Waals surface area contributed by atoms with Gasteiger partial charge in [0.15, 0.2) is 5.16 Å². The average molecular weight is 317 g/mol. The Balaban J connectivity index is 1.44. The molecular weight excluding hydrogens is 302 g/mol. The number of carbonyl (C=O) groups excluding carboxylic acids is 2. The van der Waals surface area contributed by atoms with Crippen molar-refractivity contribution in [3.8, 4) is 0 Å². The minimum absolute atomic E-state index is 0.167. The van der Waals surface area contributed by atoms with Gasteiger partial charge in [0.2, 0.25) is 5.91 Å². The molecule has 22 heavy (non-hydrogen) atoms. The van der Waals surface area contributed by atoms with Crippen molar-refractivity contribution in [1.29, 1.82) is 0 Å². The van der Waals surface area contributed by atoms with E-state index < -0.39 is 0 Å². The molecule has 0 spiro atoms. The van der Waals surface area contributed by atoms with Gasteiger partial charge in [-0.15, -0.1) is 10.2 Å². The number of nitrogens with one attached hydrogen (secondary N) is 2. The van der Waals surface area contributed by atoms with Crippen LogP contribution < -0.4 is 10.9 Å². The van der Waals surface area contributed by atoms with Crippen molar-refractivity contribution >= 4 is 23.6 Å². The summed E-state index contributed by atoms with van der Waals surface area (Å²) >= 11 is 1.30. The Morgan fingerprint density at radius 1 is 1.23 bits per heavy atom. The number of hydrogen-bond acceptors (Lipinski definition) is 5. The van der Waals surface area contributed by atoms with Crippen LogP contribution >= 0.6 is 11.8 Å². The third kappa shape index (κ3) is 3.64. The number of amides is 2. The zero-order valence-corrected chi connectivity index (χ0v) is 12.5. The monoisotopic (exact) mass is 317 g/mol. The molecule has 0 saturated heterocycles. The quantitative estimate of drug-likeness (QED) is 0.638. The molecule has 8 heteroatoms. The second-order valence-electron chi connectivity index (χ2n) is 4.91. The van der Waals surface area contributed by atoms with E-state index in [1.54, 1.807) is 30.6 Å². The van der Waals surface area contributed by atoms with Crippen molar-refractivity contribution in [3.63, 3.8) is 0 Å². The van der Waals surface area contributed by atoms with Crippen LogP contribution in [0.2, 0.25) is 0 Å². The molecule has 0 atom stereocenters. The highest BCUT2D eigenvalue weighted by Crippen LogP contribution is 2.37. The molecule has 1 aliphatic carbocycles. The predicted octanol–water partition coefficient (Wildman–Crippen LogP) is 1.17. The van der Waals surface area contributed by atoms with Crippen molar-refractivity contribution in [2.45, 2.75) is 24.0 Å². The van der Waals surface area contributed by atoms with E-state index in [2.05, 4.69) is 21.0 Å². The smallest absolute Gasteiger partial charge is 0.269 e. The maximum absolute atomic E-state index is 11.8. The largest absolute Gasteiger partial charge is 0.306 e. The maximum atomic E-state index is 11.8. The first-order chi connectivity index (χ1) is 10.7. The van der Waals surface area contributed by atoms with Crippen LogP contribution in [0, 0.1) is 0 Å². The lowest BCUT2D eigenvalue weighted by atomic mass is 10.2. The number of hydrogen-bond donors (Lipinski definition) is 2. The van der Waals surface area contributed by atoms with Crippen LogP contribution in [0.5, 0.6) is 0 Å². The van der Waals surface area contributed by atoms with E-state index in [9.17, 15) is 9.59 Å². The van der Waals surface area contributed by atoms with Crippen molar-refractivity contribution in [3.05, 3.63) is 42.2 Å². The van der Waals surface area contributed by atoms with Crippen LogP contribution in [-0.2, 0) is 4.79 Å². The Kier molecular flexibility index (Phi) is 4.38. The molecule has 1 aromatic heterocycles. The lowest BCUT2D eigenvalue weighted by Gasteiger charge is -2.07. The minimum atomic E-state index is -0.347. The van der Waals surface area contributed by atoms with Gasteiger partial charge in [0, 0.05) is 11.6 Å². The molecule has 7 nitrogen and oxygen atoms in total. The van der Waals surface area contributed by atoms with E-state index in [0.717, 1.165) is 18.0 Å². The van der Waals surface area contributed by atoms with Crippen LogP contribution in [0.4, 0.5) is 0 Å². The molecule has 114 valence electrons. The predicted molar refractivity (Wildman–Crippen MR) is 81.1 cm³/mol. The summed E-state index contributed by atoms with van der Waals surface area (Å²) in [4.78, 5) is 23.5. The van der Waals surface area contributed by atoms with Gasteiger partial charge in [-0.05, 0) is 25.0 Å². The van der Waals surface area contributed by atoms with Crippen molar-refractivity contribution < 1.29 is 9.59 Å². The molecule has 2 amide bonds. The van der Waals surface area contributed by atoms with E-state index in [1.165, 1.54) is 11.8 Å². The maximum Gasteiger partial charge on any atom is 0.269 e. The molecule has 3 rings (SSSR count). The Bertz CT molecular complexity index is 669. The molecule has 1 aromatic carbocycles. The number of aromatic nitrogens is 3. The third-order valence-corrected chi connectivity index (χ3v) is 4.12. The number of benzene rings is 1. The SMILES string of the molecule is O=C(CSc1nncn1C1CC1)NNC(=O)c1ccccc1. The fraction of sp³-hybridized carbons (Fsp3) is 0.286. The molecule has 2 aromatic rings. The lowest BCUT2D eigenvalue weighted by molar-refractivity contribution is -0.119. The number of rotatable bonds is 5. The zero-order valence-electron chi connectivity index (χ0n) is 11.7. The van der Waals surface area contributed by atoms with E-state index >= 15 is 0 Å². The number of nitrogens with zero attached hydrogens (tertiary/aromatic N) is 3. The molecule has 0 unspecified atom stereocenters. The van der Waals surface area contributed by atoms with E-state index in [0.29, 0.717) is 11.6 Å². The lowest BCUT2D eigenvalue weighted by Crippen LogP contribution is -2.42. The van der Waals surface area contributed by atoms with E-state index in [1.807, 2.05) is 10.6 Å². The molecule has 0 bridgehead atoms. The van der Waals surface area contributed by atoms with Crippen molar-refractivity contribution in [2.24, 2.45) is 0 Å². The summed E-state index contributed by atoms with van der Waals surface area (Å²) in [6.45, 7) is 0. The van der Waals surface area contributed by atoms with Crippen LogP contribution in [0.15, 0.2) is 41.8 Å². The molecule has 0 radical (unpaired) electrons. The van der Waals surface area contributed by atoms with Crippen LogP contribution in [-0.4, -0.2) is 32.3 Å². The van der Waals surface area contributed by atoms with Crippen molar-refractivity contribution in [2.75, 3.05) is 5.75 Å². The van der Waals surface area contributed by atoms with Gasteiger partial charge in [0.25, 0.3) is 5.91 Å². The summed E-state index contributed by atoms with van der Waals surface area (Å²) in [6, 6.07) is 9.16. The topological polar surface area (TPSA) is 88.9 Å². The average Bonchev–Trinajstić information content (AvgIpc) is 3.29. The van der Waals surface area contributed by atoms with Gasteiger partial charge in [-0.2, -0.15) is 0 Å². The summed E-state index contributed by atoms with van der Waals surface area (Å²) in [5.41, 5.74) is 5.26.